The predicted molar refractivity (Wildman–Crippen MR) is 100 cm³/mol. The summed E-state index contributed by atoms with van der Waals surface area (Å²) in [7, 11) is 0. The van der Waals surface area contributed by atoms with E-state index in [4.69, 9.17) is 0 Å². The molecule has 0 saturated carbocycles. The van der Waals surface area contributed by atoms with Crippen molar-refractivity contribution in [1.29, 1.82) is 0 Å². The standard InChI is InChI=1S/C18H19N5OS/c1-12-4-6-23(7-5-12)18-19-9-14(10-20-18)22-17(24)13-2-3-15-16(8-13)25-11-21-15/h2-3,8-12H,4-7H2,1H3,(H,22,24). The van der Waals surface area contributed by atoms with Crippen LogP contribution in [0.4, 0.5) is 11.6 Å². The van der Waals surface area contributed by atoms with Gasteiger partial charge in [0.2, 0.25) is 5.95 Å². The number of piperidine rings is 1. The van der Waals surface area contributed by atoms with Crippen molar-refractivity contribution in [1.82, 2.24) is 15.0 Å². The first-order chi connectivity index (χ1) is 12.2. The van der Waals surface area contributed by atoms with Crippen LogP contribution >= 0.6 is 11.3 Å². The largest absolute Gasteiger partial charge is 0.341 e. The molecule has 7 heteroatoms. The molecule has 1 aromatic carbocycles. The molecule has 3 aromatic rings. The summed E-state index contributed by atoms with van der Waals surface area (Å²) in [6.45, 7) is 4.25. The number of fused-ring (bicyclic) bond motifs is 1. The van der Waals surface area contributed by atoms with Crippen LogP contribution in [0.2, 0.25) is 0 Å². The van der Waals surface area contributed by atoms with Gasteiger partial charge >= 0.3 is 0 Å². The summed E-state index contributed by atoms with van der Waals surface area (Å²) in [4.78, 5) is 27.6. The number of nitrogens with zero attached hydrogens (tertiary/aromatic N) is 4. The van der Waals surface area contributed by atoms with Crippen molar-refractivity contribution in [2.24, 2.45) is 5.92 Å². The van der Waals surface area contributed by atoms with E-state index in [1.807, 2.05) is 12.1 Å². The van der Waals surface area contributed by atoms with E-state index in [1.165, 1.54) is 24.2 Å². The maximum atomic E-state index is 12.4. The summed E-state index contributed by atoms with van der Waals surface area (Å²) in [6.07, 6.45) is 5.68. The Morgan fingerprint density at radius 1 is 1.20 bits per heavy atom. The molecule has 6 nitrogen and oxygen atoms in total. The Morgan fingerprint density at radius 3 is 2.72 bits per heavy atom. The van der Waals surface area contributed by atoms with Gasteiger partial charge in [0.15, 0.2) is 0 Å². The third kappa shape index (κ3) is 3.46. The van der Waals surface area contributed by atoms with Crippen molar-refractivity contribution < 1.29 is 4.79 Å². The molecule has 4 rings (SSSR count). The minimum Gasteiger partial charge on any atom is -0.341 e. The predicted octanol–water partition coefficient (Wildman–Crippen LogP) is 3.57. The van der Waals surface area contributed by atoms with E-state index in [1.54, 1.807) is 24.0 Å². The Kier molecular flexibility index (Phi) is 4.31. The molecule has 0 bridgehead atoms. The van der Waals surface area contributed by atoms with E-state index < -0.39 is 0 Å². The molecule has 0 radical (unpaired) electrons. The zero-order valence-electron chi connectivity index (χ0n) is 14.0. The number of carbonyl (C=O) groups is 1. The lowest BCUT2D eigenvalue weighted by molar-refractivity contribution is 0.102. The molecule has 0 aliphatic carbocycles. The number of hydrogen-bond acceptors (Lipinski definition) is 6. The van der Waals surface area contributed by atoms with Crippen molar-refractivity contribution in [2.45, 2.75) is 19.8 Å². The van der Waals surface area contributed by atoms with Crippen LogP contribution in [0, 0.1) is 5.92 Å². The molecule has 128 valence electrons. The first kappa shape index (κ1) is 16.0. The highest BCUT2D eigenvalue weighted by molar-refractivity contribution is 7.16. The van der Waals surface area contributed by atoms with E-state index >= 15 is 0 Å². The molecule has 3 heterocycles. The lowest BCUT2D eigenvalue weighted by atomic mass is 10.00. The minimum absolute atomic E-state index is 0.168. The van der Waals surface area contributed by atoms with Crippen molar-refractivity contribution >= 4 is 39.1 Å². The van der Waals surface area contributed by atoms with Crippen LogP contribution < -0.4 is 10.2 Å². The molecular formula is C18H19N5OS. The third-order valence-corrected chi connectivity index (χ3v) is 5.35. The summed E-state index contributed by atoms with van der Waals surface area (Å²) < 4.78 is 0.999. The normalized spacial score (nSPS) is 15.5. The Morgan fingerprint density at radius 2 is 1.96 bits per heavy atom. The fraction of sp³-hybridized carbons (Fsp3) is 0.333. The van der Waals surface area contributed by atoms with Crippen LogP contribution in [-0.4, -0.2) is 33.9 Å². The highest BCUT2D eigenvalue weighted by Gasteiger charge is 2.18. The molecule has 1 aliphatic heterocycles. The molecule has 0 unspecified atom stereocenters. The molecule has 1 aliphatic rings. The Hall–Kier alpha value is -2.54. The van der Waals surface area contributed by atoms with Gasteiger partial charge in [-0.3, -0.25) is 4.79 Å². The number of nitrogens with one attached hydrogen (secondary N) is 1. The zero-order valence-corrected chi connectivity index (χ0v) is 14.8. The number of aromatic nitrogens is 3. The van der Waals surface area contributed by atoms with Crippen molar-refractivity contribution in [3.63, 3.8) is 0 Å². The number of thiazole rings is 1. The lowest BCUT2D eigenvalue weighted by Crippen LogP contribution is -2.34. The van der Waals surface area contributed by atoms with Crippen LogP contribution in [0.25, 0.3) is 10.2 Å². The number of amides is 1. The first-order valence-electron chi connectivity index (χ1n) is 8.40. The van der Waals surface area contributed by atoms with Gasteiger partial charge in [0.05, 0.1) is 33.8 Å². The van der Waals surface area contributed by atoms with Gasteiger partial charge in [0.1, 0.15) is 0 Å². The van der Waals surface area contributed by atoms with Crippen LogP contribution in [0.1, 0.15) is 30.1 Å². The second-order valence-electron chi connectivity index (χ2n) is 6.43. The quantitative estimate of drug-likeness (QED) is 0.779. The highest BCUT2D eigenvalue weighted by atomic mass is 32.1. The fourth-order valence-corrected chi connectivity index (χ4v) is 3.67. The third-order valence-electron chi connectivity index (χ3n) is 4.56. The summed E-state index contributed by atoms with van der Waals surface area (Å²) in [5.74, 6) is 1.33. The summed E-state index contributed by atoms with van der Waals surface area (Å²) >= 11 is 1.52. The van der Waals surface area contributed by atoms with E-state index in [-0.39, 0.29) is 5.91 Å². The van der Waals surface area contributed by atoms with Crippen LogP contribution in [0.5, 0.6) is 0 Å². The van der Waals surface area contributed by atoms with E-state index in [0.29, 0.717) is 11.3 Å². The molecule has 1 saturated heterocycles. The van der Waals surface area contributed by atoms with Gasteiger partial charge in [-0.1, -0.05) is 6.92 Å². The van der Waals surface area contributed by atoms with Gasteiger partial charge in [-0.15, -0.1) is 11.3 Å². The summed E-state index contributed by atoms with van der Waals surface area (Å²) in [5, 5.41) is 2.85. The number of hydrogen-bond donors (Lipinski definition) is 1. The minimum atomic E-state index is -0.168. The van der Waals surface area contributed by atoms with E-state index in [9.17, 15) is 4.79 Å². The number of anilines is 2. The van der Waals surface area contributed by atoms with Crippen molar-refractivity contribution in [2.75, 3.05) is 23.3 Å². The van der Waals surface area contributed by atoms with E-state index in [0.717, 1.165) is 35.2 Å². The topological polar surface area (TPSA) is 71.0 Å². The van der Waals surface area contributed by atoms with Crippen molar-refractivity contribution in [3.05, 3.63) is 41.7 Å². The molecule has 1 N–H and O–H groups in total. The summed E-state index contributed by atoms with van der Waals surface area (Å²) in [5.41, 5.74) is 3.89. The second kappa shape index (κ2) is 6.76. The molecule has 2 aromatic heterocycles. The molecule has 1 fully saturated rings. The maximum absolute atomic E-state index is 12.4. The highest BCUT2D eigenvalue weighted by Crippen LogP contribution is 2.21. The van der Waals surface area contributed by atoms with Crippen LogP contribution in [0.3, 0.4) is 0 Å². The van der Waals surface area contributed by atoms with Crippen molar-refractivity contribution in [3.8, 4) is 0 Å². The second-order valence-corrected chi connectivity index (χ2v) is 7.32. The van der Waals surface area contributed by atoms with Gasteiger partial charge in [0.25, 0.3) is 5.91 Å². The Balaban J connectivity index is 1.44. The van der Waals surface area contributed by atoms with Gasteiger partial charge in [-0.25, -0.2) is 15.0 Å². The molecule has 0 atom stereocenters. The van der Waals surface area contributed by atoms with Crippen LogP contribution in [0.15, 0.2) is 36.1 Å². The smallest absolute Gasteiger partial charge is 0.255 e. The molecular weight excluding hydrogens is 334 g/mol. The number of carbonyl (C=O) groups excluding carboxylic acids is 1. The zero-order chi connectivity index (χ0) is 17.2. The van der Waals surface area contributed by atoms with Gasteiger partial charge in [-0.2, -0.15) is 0 Å². The lowest BCUT2D eigenvalue weighted by Gasteiger charge is -2.30. The average molecular weight is 353 g/mol. The SMILES string of the molecule is CC1CCN(c2ncc(NC(=O)c3ccc4ncsc4c3)cn2)CC1. The van der Waals surface area contributed by atoms with Gasteiger partial charge in [0, 0.05) is 18.7 Å². The Bertz CT molecular complexity index is 884. The average Bonchev–Trinajstić information content (AvgIpc) is 3.11. The molecule has 1 amide bonds. The monoisotopic (exact) mass is 353 g/mol. The molecule has 0 spiro atoms. The van der Waals surface area contributed by atoms with Gasteiger partial charge < -0.3 is 10.2 Å². The Labute approximate surface area is 149 Å². The van der Waals surface area contributed by atoms with Crippen LogP contribution in [-0.2, 0) is 0 Å². The first-order valence-corrected chi connectivity index (χ1v) is 9.28. The summed E-state index contributed by atoms with van der Waals surface area (Å²) in [6, 6.07) is 5.49. The van der Waals surface area contributed by atoms with E-state index in [2.05, 4.69) is 32.1 Å². The fourth-order valence-electron chi connectivity index (χ4n) is 2.96. The number of rotatable bonds is 3. The molecule has 25 heavy (non-hydrogen) atoms. The maximum Gasteiger partial charge on any atom is 0.255 e. The number of benzene rings is 1. The van der Waals surface area contributed by atoms with Gasteiger partial charge in [-0.05, 0) is 37.0 Å².